The van der Waals surface area contributed by atoms with Gasteiger partial charge >= 0.3 is 0 Å². The van der Waals surface area contributed by atoms with E-state index in [1.54, 1.807) is 15.4 Å². The molecular weight excluding hydrogens is 406 g/mol. The molecule has 4 aromatic rings. The summed E-state index contributed by atoms with van der Waals surface area (Å²) in [7, 11) is 1.88. The molecule has 0 saturated carbocycles. The van der Waals surface area contributed by atoms with Crippen molar-refractivity contribution in [2.75, 3.05) is 24.6 Å². The van der Waals surface area contributed by atoms with E-state index in [1.807, 2.05) is 61.6 Å². The molecule has 0 atom stereocenters. The van der Waals surface area contributed by atoms with Gasteiger partial charge in [-0.3, -0.25) is 9.48 Å². The van der Waals surface area contributed by atoms with Crippen LogP contribution in [0.2, 0.25) is 0 Å². The summed E-state index contributed by atoms with van der Waals surface area (Å²) >= 11 is 0. The number of carbonyl (C=O) groups excluding carboxylic acids is 1. The van der Waals surface area contributed by atoms with Crippen molar-refractivity contribution in [1.29, 1.82) is 0 Å². The fourth-order valence-electron chi connectivity index (χ4n) is 4.11. The first kappa shape index (κ1) is 20.2. The van der Waals surface area contributed by atoms with Crippen LogP contribution in [0.4, 0.5) is 5.82 Å². The Balaban J connectivity index is 1.32. The number of nitrogens with one attached hydrogen (secondary N) is 1. The number of aliphatic hydroxyl groups is 1. The number of anilines is 1. The van der Waals surface area contributed by atoms with Gasteiger partial charge in [0.2, 0.25) is 5.91 Å². The highest BCUT2D eigenvalue weighted by atomic mass is 16.3. The van der Waals surface area contributed by atoms with Crippen molar-refractivity contribution in [3.8, 4) is 11.1 Å². The number of rotatable bonds is 6. The van der Waals surface area contributed by atoms with Crippen LogP contribution in [0.15, 0.2) is 55.2 Å². The monoisotopic (exact) mass is 431 g/mol. The third-order valence-corrected chi connectivity index (χ3v) is 6.07. The molecule has 9 nitrogen and oxygen atoms in total. The lowest BCUT2D eigenvalue weighted by Gasteiger charge is -2.48. The number of nitrogens with zero attached hydrogens (tertiary/aromatic N) is 6. The molecule has 3 aromatic heterocycles. The Morgan fingerprint density at radius 2 is 1.94 bits per heavy atom. The maximum atomic E-state index is 12.9. The topological polar surface area (TPSA) is 101 Å². The smallest absolute Gasteiger partial charge is 0.232 e. The quantitative estimate of drug-likeness (QED) is 0.481. The predicted molar refractivity (Wildman–Crippen MR) is 120 cm³/mol. The maximum Gasteiger partial charge on any atom is 0.232 e. The van der Waals surface area contributed by atoms with Crippen LogP contribution in [-0.2, 0) is 18.4 Å². The third kappa shape index (κ3) is 3.50. The number of aryl methyl sites for hydroxylation is 2. The van der Waals surface area contributed by atoms with Gasteiger partial charge in [0.05, 0.1) is 12.8 Å². The summed E-state index contributed by atoms with van der Waals surface area (Å²) in [6.45, 7) is 3.03. The molecule has 4 heterocycles. The second-order valence-electron chi connectivity index (χ2n) is 8.51. The number of aliphatic hydroxyl groups excluding tert-OH is 1. The predicted octanol–water partition coefficient (Wildman–Crippen LogP) is 1.55. The number of benzene rings is 1. The fourth-order valence-corrected chi connectivity index (χ4v) is 4.11. The average molecular weight is 432 g/mol. The van der Waals surface area contributed by atoms with E-state index in [0.717, 1.165) is 28.0 Å². The van der Waals surface area contributed by atoms with E-state index in [2.05, 4.69) is 20.5 Å². The van der Waals surface area contributed by atoms with Gasteiger partial charge in [-0.25, -0.2) is 9.50 Å². The minimum absolute atomic E-state index is 0.145. The van der Waals surface area contributed by atoms with Gasteiger partial charge in [-0.2, -0.15) is 10.2 Å². The highest BCUT2D eigenvalue weighted by Gasteiger charge is 2.49. The maximum absolute atomic E-state index is 12.9. The van der Waals surface area contributed by atoms with Gasteiger partial charge in [0.1, 0.15) is 17.3 Å². The van der Waals surface area contributed by atoms with Gasteiger partial charge in [-0.1, -0.05) is 29.8 Å². The number of aromatic nitrogens is 5. The number of hydrogen-bond acceptors (Lipinski definition) is 6. The first-order valence-corrected chi connectivity index (χ1v) is 10.5. The zero-order valence-corrected chi connectivity index (χ0v) is 18.1. The largest absolute Gasteiger partial charge is 0.395 e. The molecule has 1 saturated heterocycles. The molecule has 0 unspecified atom stereocenters. The first-order chi connectivity index (χ1) is 15.5. The number of amides is 1. The molecule has 164 valence electrons. The minimum atomic E-state index is -0.842. The second kappa shape index (κ2) is 7.76. The Morgan fingerprint density at radius 1 is 1.16 bits per heavy atom. The van der Waals surface area contributed by atoms with Gasteiger partial charge < -0.3 is 15.3 Å². The Hall–Kier alpha value is -3.72. The molecule has 0 radical (unpaired) electrons. The van der Waals surface area contributed by atoms with Crippen molar-refractivity contribution in [3.05, 3.63) is 66.4 Å². The van der Waals surface area contributed by atoms with Crippen molar-refractivity contribution in [2.24, 2.45) is 12.5 Å². The van der Waals surface area contributed by atoms with Gasteiger partial charge in [0.25, 0.3) is 0 Å². The van der Waals surface area contributed by atoms with Crippen LogP contribution in [0.25, 0.3) is 16.6 Å². The van der Waals surface area contributed by atoms with E-state index >= 15 is 0 Å². The summed E-state index contributed by atoms with van der Waals surface area (Å²) in [6.07, 6.45) is 7.19. The summed E-state index contributed by atoms with van der Waals surface area (Å²) in [5.74, 6) is 0.596. The van der Waals surface area contributed by atoms with Gasteiger partial charge in [-0.05, 0) is 18.6 Å². The van der Waals surface area contributed by atoms with Crippen molar-refractivity contribution >= 4 is 17.2 Å². The first-order valence-electron chi connectivity index (χ1n) is 10.5. The normalized spacial score (nSPS) is 15.0. The standard InChI is InChI=1S/C23H25N7O2/c1-16-3-5-17(6-4-16)8-24-22(32)23(14-31)12-29(13-23)21-20-7-18(11-30(20)27-15-25-21)19-9-26-28(2)10-19/h3-7,9-11,15,31H,8,12-14H2,1-2H3,(H,24,32). The van der Waals surface area contributed by atoms with E-state index in [9.17, 15) is 9.90 Å². The van der Waals surface area contributed by atoms with Crippen LogP contribution in [0.5, 0.6) is 0 Å². The molecule has 0 bridgehead atoms. The van der Waals surface area contributed by atoms with Crippen molar-refractivity contribution in [2.45, 2.75) is 13.5 Å². The highest BCUT2D eigenvalue weighted by molar-refractivity contribution is 5.87. The molecule has 2 N–H and O–H groups in total. The molecule has 5 rings (SSSR count). The third-order valence-electron chi connectivity index (χ3n) is 6.07. The van der Waals surface area contributed by atoms with Crippen molar-refractivity contribution < 1.29 is 9.90 Å². The second-order valence-corrected chi connectivity index (χ2v) is 8.51. The zero-order chi connectivity index (χ0) is 22.3. The van der Waals surface area contributed by atoms with Gasteiger partial charge in [-0.15, -0.1) is 0 Å². The summed E-state index contributed by atoms with van der Waals surface area (Å²) < 4.78 is 3.53. The molecule has 1 aromatic carbocycles. The Labute approximate surface area is 185 Å². The van der Waals surface area contributed by atoms with E-state index < -0.39 is 5.41 Å². The lowest BCUT2D eigenvalue weighted by Crippen LogP contribution is -2.65. The van der Waals surface area contributed by atoms with Crippen LogP contribution >= 0.6 is 0 Å². The molecule has 1 aliphatic heterocycles. The lowest BCUT2D eigenvalue weighted by atomic mass is 9.79. The fraction of sp³-hybridized carbons (Fsp3) is 0.304. The number of fused-ring (bicyclic) bond motifs is 1. The molecule has 32 heavy (non-hydrogen) atoms. The summed E-state index contributed by atoms with van der Waals surface area (Å²) in [5, 5.41) is 21.6. The Kier molecular flexibility index (Phi) is 4.90. The number of hydrogen-bond donors (Lipinski definition) is 2. The van der Waals surface area contributed by atoms with Crippen LogP contribution in [0.1, 0.15) is 11.1 Å². The van der Waals surface area contributed by atoms with Gasteiger partial charge in [0, 0.05) is 50.2 Å². The molecule has 1 aliphatic rings. The minimum Gasteiger partial charge on any atom is -0.395 e. The summed E-state index contributed by atoms with van der Waals surface area (Å²) in [4.78, 5) is 19.4. The van der Waals surface area contributed by atoms with Gasteiger partial charge in [0.15, 0.2) is 5.82 Å². The van der Waals surface area contributed by atoms with Crippen LogP contribution < -0.4 is 10.2 Å². The van der Waals surface area contributed by atoms with Crippen molar-refractivity contribution in [3.63, 3.8) is 0 Å². The SMILES string of the molecule is Cc1ccc(CNC(=O)C2(CO)CN(c3ncnn4cc(-c5cnn(C)c5)cc34)C2)cc1. The lowest BCUT2D eigenvalue weighted by molar-refractivity contribution is -0.135. The van der Waals surface area contributed by atoms with Crippen LogP contribution in [0.3, 0.4) is 0 Å². The van der Waals surface area contributed by atoms with Crippen molar-refractivity contribution in [1.82, 2.24) is 29.7 Å². The van der Waals surface area contributed by atoms with E-state index in [-0.39, 0.29) is 12.5 Å². The highest BCUT2D eigenvalue weighted by Crippen LogP contribution is 2.36. The van der Waals surface area contributed by atoms with E-state index in [0.29, 0.717) is 19.6 Å². The number of carbonyl (C=O) groups is 1. The van der Waals surface area contributed by atoms with E-state index in [1.165, 1.54) is 11.9 Å². The van der Waals surface area contributed by atoms with Crippen LogP contribution in [-0.4, -0.2) is 55.1 Å². The molecule has 1 amide bonds. The molecule has 9 heteroatoms. The van der Waals surface area contributed by atoms with Crippen LogP contribution in [0, 0.1) is 12.3 Å². The average Bonchev–Trinajstić information content (AvgIpc) is 3.39. The van der Waals surface area contributed by atoms with E-state index in [4.69, 9.17) is 0 Å². The summed E-state index contributed by atoms with van der Waals surface area (Å²) in [6, 6.07) is 10.1. The Bertz CT molecular complexity index is 1270. The Morgan fingerprint density at radius 3 is 2.62 bits per heavy atom. The molecule has 1 fully saturated rings. The summed E-state index contributed by atoms with van der Waals surface area (Å²) in [5.41, 5.74) is 4.19. The molecular formula is C23H25N7O2. The molecule has 0 spiro atoms. The zero-order valence-electron chi connectivity index (χ0n) is 18.1. The molecule has 0 aliphatic carbocycles.